The molecule has 106 valence electrons. The number of aliphatic hydroxyl groups is 1. The summed E-state index contributed by atoms with van der Waals surface area (Å²) in [7, 11) is 0. The van der Waals surface area contributed by atoms with Crippen molar-refractivity contribution in [2.24, 2.45) is 0 Å². The fraction of sp³-hybridized carbons (Fsp3) is 0.278. The molecule has 1 N–H and O–H groups in total. The van der Waals surface area contributed by atoms with Gasteiger partial charge in [0, 0.05) is 0 Å². The smallest absolute Gasteiger partial charge is 0.120 e. The maximum atomic E-state index is 10.0. The lowest BCUT2D eigenvalue weighted by atomic mass is 9.89. The maximum absolute atomic E-state index is 10.0. The van der Waals surface area contributed by atoms with Crippen LogP contribution in [0, 0.1) is 11.3 Å². The van der Waals surface area contributed by atoms with Gasteiger partial charge in [0.05, 0.1) is 17.7 Å². The van der Waals surface area contributed by atoms with Crippen molar-refractivity contribution in [3.05, 3.63) is 64.7 Å². The van der Waals surface area contributed by atoms with Crippen molar-refractivity contribution >= 4 is 0 Å². The van der Waals surface area contributed by atoms with Gasteiger partial charge < -0.3 is 9.84 Å². The SMILES string of the molecule is N#Cc1cccc(COc2ccc3c(c2)C(O)CCC3)c1. The zero-order chi connectivity index (χ0) is 14.7. The molecule has 0 bridgehead atoms. The second-order valence-electron chi connectivity index (χ2n) is 5.37. The van der Waals surface area contributed by atoms with E-state index in [9.17, 15) is 5.11 Å². The summed E-state index contributed by atoms with van der Waals surface area (Å²) < 4.78 is 5.79. The monoisotopic (exact) mass is 279 g/mol. The van der Waals surface area contributed by atoms with Crippen molar-refractivity contribution in [1.82, 2.24) is 0 Å². The molecule has 0 radical (unpaired) electrons. The van der Waals surface area contributed by atoms with E-state index in [1.54, 1.807) is 6.07 Å². The summed E-state index contributed by atoms with van der Waals surface area (Å²) in [6.45, 7) is 0.421. The fourth-order valence-corrected chi connectivity index (χ4v) is 2.74. The Kier molecular flexibility index (Phi) is 3.89. The predicted molar refractivity (Wildman–Crippen MR) is 79.8 cm³/mol. The second-order valence-corrected chi connectivity index (χ2v) is 5.37. The number of nitrogens with zero attached hydrogens (tertiary/aromatic N) is 1. The van der Waals surface area contributed by atoms with E-state index in [0.717, 1.165) is 36.1 Å². The van der Waals surface area contributed by atoms with Crippen molar-refractivity contribution in [3.8, 4) is 11.8 Å². The van der Waals surface area contributed by atoms with Gasteiger partial charge >= 0.3 is 0 Å². The van der Waals surface area contributed by atoms with Crippen LogP contribution < -0.4 is 4.74 Å². The molecule has 0 aromatic heterocycles. The van der Waals surface area contributed by atoms with Crippen LogP contribution >= 0.6 is 0 Å². The summed E-state index contributed by atoms with van der Waals surface area (Å²) >= 11 is 0. The predicted octanol–water partition coefficient (Wildman–Crippen LogP) is 3.51. The maximum Gasteiger partial charge on any atom is 0.120 e. The van der Waals surface area contributed by atoms with Gasteiger partial charge in [-0.05, 0) is 60.2 Å². The van der Waals surface area contributed by atoms with E-state index in [-0.39, 0.29) is 6.10 Å². The molecule has 1 aliphatic rings. The van der Waals surface area contributed by atoms with Crippen LogP contribution in [0.1, 0.15) is 41.2 Å². The van der Waals surface area contributed by atoms with Crippen LogP contribution in [0.25, 0.3) is 0 Å². The number of aryl methyl sites for hydroxylation is 1. The average molecular weight is 279 g/mol. The number of rotatable bonds is 3. The third-order valence-electron chi connectivity index (χ3n) is 3.86. The van der Waals surface area contributed by atoms with Gasteiger partial charge in [-0.1, -0.05) is 18.2 Å². The van der Waals surface area contributed by atoms with Crippen molar-refractivity contribution in [2.75, 3.05) is 0 Å². The van der Waals surface area contributed by atoms with E-state index in [1.165, 1.54) is 5.56 Å². The molecule has 0 heterocycles. The highest BCUT2D eigenvalue weighted by Crippen LogP contribution is 2.32. The molecule has 0 spiro atoms. The molecule has 3 nitrogen and oxygen atoms in total. The van der Waals surface area contributed by atoms with Gasteiger partial charge in [-0.2, -0.15) is 5.26 Å². The summed E-state index contributed by atoms with van der Waals surface area (Å²) in [5.41, 5.74) is 3.81. The highest BCUT2D eigenvalue weighted by atomic mass is 16.5. The van der Waals surface area contributed by atoms with Gasteiger partial charge in [-0.15, -0.1) is 0 Å². The molecule has 2 aromatic carbocycles. The third-order valence-corrected chi connectivity index (χ3v) is 3.86. The number of nitriles is 1. The number of benzene rings is 2. The van der Waals surface area contributed by atoms with E-state index >= 15 is 0 Å². The van der Waals surface area contributed by atoms with Gasteiger partial charge in [0.2, 0.25) is 0 Å². The number of ether oxygens (including phenoxy) is 1. The lowest BCUT2D eigenvalue weighted by molar-refractivity contribution is 0.156. The lowest BCUT2D eigenvalue weighted by Crippen LogP contribution is -2.09. The standard InChI is InChI=1S/C18H17NO2/c19-11-13-3-1-4-14(9-13)12-21-16-8-7-15-5-2-6-18(20)17(15)10-16/h1,3-4,7-10,18,20H,2,5-6,12H2. The number of aliphatic hydroxyl groups excluding tert-OH is 1. The molecule has 1 atom stereocenters. The van der Waals surface area contributed by atoms with Gasteiger partial charge in [0.25, 0.3) is 0 Å². The number of fused-ring (bicyclic) bond motifs is 1. The average Bonchev–Trinajstić information content (AvgIpc) is 2.54. The van der Waals surface area contributed by atoms with Crippen molar-refractivity contribution in [3.63, 3.8) is 0 Å². The molecule has 0 saturated carbocycles. The van der Waals surface area contributed by atoms with Crippen LogP contribution in [-0.2, 0) is 13.0 Å². The minimum absolute atomic E-state index is 0.376. The summed E-state index contributed by atoms with van der Waals surface area (Å²) in [5.74, 6) is 0.761. The Labute approximate surface area is 124 Å². The van der Waals surface area contributed by atoms with Crippen LogP contribution in [0.3, 0.4) is 0 Å². The zero-order valence-corrected chi connectivity index (χ0v) is 11.7. The van der Waals surface area contributed by atoms with Gasteiger partial charge in [0.15, 0.2) is 0 Å². The Hall–Kier alpha value is -2.31. The largest absolute Gasteiger partial charge is 0.489 e. The van der Waals surface area contributed by atoms with Gasteiger partial charge in [0.1, 0.15) is 12.4 Å². The first kappa shape index (κ1) is 13.7. The Balaban J connectivity index is 1.73. The molecular formula is C18H17NO2. The quantitative estimate of drug-likeness (QED) is 0.935. The molecule has 2 aromatic rings. The number of hydrogen-bond donors (Lipinski definition) is 1. The Morgan fingerprint density at radius 2 is 2.14 bits per heavy atom. The Bertz CT molecular complexity index is 688. The first-order valence-corrected chi connectivity index (χ1v) is 7.19. The molecule has 0 amide bonds. The zero-order valence-electron chi connectivity index (χ0n) is 11.7. The molecule has 3 rings (SSSR count). The Morgan fingerprint density at radius 3 is 3.00 bits per heavy atom. The molecule has 0 saturated heterocycles. The highest BCUT2D eigenvalue weighted by molar-refractivity contribution is 5.39. The van der Waals surface area contributed by atoms with E-state index in [4.69, 9.17) is 10.00 Å². The summed E-state index contributed by atoms with van der Waals surface area (Å²) in [6, 6.07) is 15.4. The van der Waals surface area contributed by atoms with Crippen LogP contribution in [-0.4, -0.2) is 5.11 Å². The van der Waals surface area contributed by atoms with E-state index in [2.05, 4.69) is 6.07 Å². The highest BCUT2D eigenvalue weighted by Gasteiger charge is 2.18. The van der Waals surface area contributed by atoms with Gasteiger partial charge in [-0.3, -0.25) is 0 Å². The van der Waals surface area contributed by atoms with Gasteiger partial charge in [-0.25, -0.2) is 0 Å². The lowest BCUT2D eigenvalue weighted by Gasteiger charge is -2.22. The first-order valence-electron chi connectivity index (χ1n) is 7.19. The van der Waals surface area contributed by atoms with Crippen molar-refractivity contribution in [2.45, 2.75) is 32.0 Å². The molecule has 21 heavy (non-hydrogen) atoms. The van der Waals surface area contributed by atoms with Crippen molar-refractivity contribution < 1.29 is 9.84 Å². The van der Waals surface area contributed by atoms with E-state index in [1.807, 2.05) is 36.4 Å². The first-order chi connectivity index (χ1) is 10.3. The van der Waals surface area contributed by atoms with E-state index in [0.29, 0.717) is 12.2 Å². The molecule has 1 unspecified atom stereocenters. The molecule has 3 heteroatoms. The molecule has 0 fully saturated rings. The third kappa shape index (κ3) is 3.07. The molecule has 1 aliphatic carbocycles. The summed E-state index contributed by atoms with van der Waals surface area (Å²) in [4.78, 5) is 0. The Morgan fingerprint density at radius 1 is 1.24 bits per heavy atom. The van der Waals surface area contributed by atoms with Crippen LogP contribution in [0.15, 0.2) is 42.5 Å². The molecule has 0 aliphatic heterocycles. The van der Waals surface area contributed by atoms with E-state index < -0.39 is 0 Å². The molecular weight excluding hydrogens is 262 g/mol. The summed E-state index contributed by atoms with van der Waals surface area (Å²) in [6.07, 6.45) is 2.51. The number of hydrogen-bond acceptors (Lipinski definition) is 3. The van der Waals surface area contributed by atoms with Crippen molar-refractivity contribution in [1.29, 1.82) is 5.26 Å². The summed E-state index contributed by atoms with van der Waals surface area (Å²) in [5, 5.41) is 18.9. The second kappa shape index (κ2) is 5.99. The van der Waals surface area contributed by atoms with Crippen LogP contribution in [0.5, 0.6) is 5.75 Å². The minimum atomic E-state index is -0.376. The van der Waals surface area contributed by atoms with Crippen LogP contribution in [0.4, 0.5) is 0 Å². The fourth-order valence-electron chi connectivity index (χ4n) is 2.74. The van der Waals surface area contributed by atoms with Crippen LogP contribution in [0.2, 0.25) is 0 Å². The minimum Gasteiger partial charge on any atom is -0.489 e. The normalized spacial score (nSPS) is 16.9. The topological polar surface area (TPSA) is 53.2 Å².